The summed E-state index contributed by atoms with van der Waals surface area (Å²) in [7, 11) is 1.25. The largest absolute Gasteiger partial charge is 0.397 e. The molecule has 0 amide bonds. The van der Waals surface area contributed by atoms with Gasteiger partial charge in [-0.25, -0.2) is 0 Å². The van der Waals surface area contributed by atoms with Crippen LogP contribution in [0.3, 0.4) is 0 Å². The van der Waals surface area contributed by atoms with Gasteiger partial charge in [0.05, 0.1) is 0 Å². The fraction of sp³-hybridized carbons (Fsp3) is 1.00. The molecule has 0 aromatic heterocycles. The standard InChI is InChI=1S/C18H40O2Si/c1-13(2)17(9,14(3)4)21(19-11,20-12)18(10,15(5)6)16(7)8/h13-16H,1-12H3. The molecule has 0 aliphatic carbocycles. The molecule has 0 unspecified atom stereocenters. The van der Waals surface area contributed by atoms with E-state index < -0.39 is 8.56 Å². The second-order valence-electron chi connectivity index (χ2n) is 8.21. The smallest absolute Gasteiger partial charge is 0.350 e. The lowest BCUT2D eigenvalue weighted by Gasteiger charge is -2.59. The van der Waals surface area contributed by atoms with Gasteiger partial charge < -0.3 is 8.85 Å². The van der Waals surface area contributed by atoms with Crippen molar-refractivity contribution in [2.75, 3.05) is 14.2 Å². The minimum absolute atomic E-state index is 0.0553. The fourth-order valence-electron chi connectivity index (χ4n) is 4.40. The summed E-state index contributed by atoms with van der Waals surface area (Å²) >= 11 is 0. The summed E-state index contributed by atoms with van der Waals surface area (Å²) in [6.45, 7) is 23.3. The number of hydrogen-bond acceptors (Lipinski definition) is 2. The third-order valence-corrected chi connectivity index (χ3v) is 13.1. The van der Waals surface area contributed by atoms with Crippen LogP contribution < -0.4 is 0 Å². The fourth-order valence-corrected chi connectivity index (χ4v) is 10.5. The summed E-state index contributed by atoms with van der Waals surface area (Å²) in [6.07, 6.45) is 0. The highest BCUT2D eigenvalue weighted by atomic mass is 28.4. The zero-order chi connectivity index (χ0) is 17.2. The van der Waals surface area contributed by atoms with Gasteiger partial charge in [0, 0.05) is 24.3 Å². The van der Waals surface area contributed by atoms with Crippen LogP contribution in [-0.4, -0.2) is 22.8 Å². The Hall–Kier alpha value is 0.137. The van der Waals surface area contributed by atoms with Gasteiger partial charge in [0.25, 0.3) is 0 Å². The zero-order valence-electron chi connectivity index (χ0n) is 16.6. The first-order valence-corrected chi connectivity index (χ1v) is 10.3. The van der Waals surface area contributed by atoms with Crippen molar-refractivity contribution in [3.8, 4) is 0 Å². The van der Waals surface area contributed by atoms with Crippen LogP contribution in [0.25, 0.3) is 0 Å². The Labute approximate surface area is 135 Å². The van der Waals surface area contributed by atoms with E-state index in [9.17, 15) is 0 Å². The maximum atomic E-state index is 6.38. The summed E-state index contributed by atoms with van der Waals surface area (Å²) in [6, 6.07) is 0. The summed E-state index contributed by atoms with van der Waals surface area (Å²) < 4.78 is 12.8. The van der Waals surface area contributed by atoms with Crippen LogP contribution in [0, 0.1) is 23.7 Å². The van der Waals surface area contributed by atoms with Crippen molar-refractivity contribution in [1.82, 2.24) is 0 Å². The minimum atomic E-state index is -2.50. The van der Waals surface area contributed by atoms with E-state index in [1.54, 1.807) is 0 Å². The Bertz CT molecular complexity index is 273. The van der Waals surface area contributed by atoms with Gasteiger partial charge in [-0.05, 0) is 23.7 Å². The van der Waals surface area contributed by atoms with E-state index in [4.69, 9.17) is 8.85 Å². The maximum absolute atomic E-state index is 6.38. The second-order valence-corrected chi connectivity index (χ2v) is 12.4. The summed E-state index contributed by atoms with van der Waals surface area (Å²) in [5, 5.41) is 0.111. The Morgan fingerprint density at radius 3 is 0.857 bits per heavy atom. The van der Waals surface area contributed by atoms with Crippen molar-refractivity contribution in [3.05, 3.63) is 0 Å². The molecule has 0 bridgehead atoms. The van der Waals surface area contributed by atoms with Crippen molar-refractivity contribution in [2.45, 2.75) is 79.3 Å². The molecule has 0 heterocycles. The lowest BCUT2D eigenvalue weighted by molar-refractivity contribution is 0.101. The van der Waals surface area contributed by atoms with Crippen LogP contribution in [0.2, 0.25) is 10.1 Å². The first-order chi connectivity index (χ1) is 9.39. The molecule has 0 N–H and O–H groups in total. The molecular weight excluding hydrogens is 276 g/mol. The Morgan fingerprint density at radius 2 is 0.762 bits per heavy atom. The average molecular weight is 317 g/mol. The molecule has 0 rings (SSSR count). The van der Waals surface area contributed by atoms with Gasteiger partial charge in [0.2, 0.25) is 0 Å². The Morgan fingerprint density at radius 1 is 0.571 bits per heavy atom. The molecule has 128 valence electrons. The third-order valence-electron chi connectivity index (χ3n) is 6.79. The molecule has 0 saturated carbocycles. The van der Waals surface area contributed by atoms with E-state index in [2.05, 4.69) is 69.2 Å². The quantitative estimate of drug-likeness (QED) is 0.522. The monoisotopic (exact) mass is 316 g/mol. The maximum Gasteiger partial charge on any atom is 0.350 e. The summed E-state index contributed by atoms with van der Waals surface area (Å²) in [4.78, 5) is 0. The first-order valence-electron chi connectivity index (χ1n) is 8.50. The van der Waals surface area contributed by atoms with Crippen LogP contribution >= 0.6 is 0 Å². The molecular formula is C18H40O2Si. The van der Waals surface area contributed by atoms with E-state index in [0.29, 0.717) is 23.7 Å². The van der Waals surface area contributed by atoms with Gasteiger partial charge in [-0.1, -0.05) is 69.2 Å². The predicted octanol–water partition coefficient (Wildman–Crippen LogP) is 5.87. The first kappa shape index (κ1) is 21.1. The molecule has 0 atom stereocenters. The normalized spacial score (nSPS) is 14.9. The lowest BCUT2D eigenvalue weighted by atomic mass is 9.84. The van der Waals surface area contributed by atoms with Gasteiger partial charge in [-0.15, -0.1) is 0 Å². The predicted molar refractivity (Wildman–Crippen MR) is 95.9 cm³/mol. The van der Waals surface area contributed by atoms with Gasteiger partial charge in [0.15, 0.2) is 0 Å². The highest BCUT2D eigenvalue weighted by Crippen LogP contribution is 2.65. The van der Waals surface area contributed by atoms with Crippen LogP contribution in [0.4, 0.5) is 0 Å². The van der Waals surface area contributed by atoms with Crippen LogP contribution in [0.15, 0.2) is 0 Å². The van der Waals surface area contributed by atoms with E-state index in [0.717, 1.165) is 0 Å². The minimum Gasteiger partial charge on any atom is -0.397 e. The van der Waals surface area contributed by atoms with E-state index in [-0.39, 0.29) is 10.1 Å². The van der Waals surface area contributed by atoms with Crippen molar-refractivity contribution in [3.63, 3.8) is 0 Å². The van der Waals surface area contributed by atoms with Crippen LogP contribution in [-0.2, 0) is 8.85 Å². The van der Waals surface area contributed by atoms with Gasteiger partial charge in [-0.3, -0.25) is 0 Å². The van der Waals surface area contributed by atoms with Gasteiger partial charge >= 0.3 is 8.56 Å². The SMILES string of the molecule is CO[Si](OC)(C(C)(C(C)C)C(C)C)C(C)(C(C)C)C(C)C. The van der Waals surface area contributed by atoms with Gasteiger partial charge in [-0.2, -0.15) is 0 Å². The van der Waals surface area contributed by atoms with E-state index >= 15 is 0 Å². The van der Waals surface area contributed by atoms with Gasteiger partial charge in [0.1, 0.15) is 0 Å². The Balaban J connectivity index is 6.52. The van der Waals surface area contributed by atoms with Crippen molar-refractivity contribution < 1.29 is 8.85 Å². The molecule has 0 radical (unpaired) electrons. The zero-order valence-corrected chi connectivity index (χ0v) is 17.6. The highest BCUT2D eigenvalue weighted by Gasteiger charge is 2.68. The van der Waals surface area contributed by atoms with Crippen LogP contribution in [0.1, 0.15) is 69.2 Å². The van der Waals surface area contributed by atoms with Crippen molar-refractivity contribution >= 4 is 8.56 Å². The molecule has 0 aromatic rings. The molecule has 2 nitrogen and oxygen atoms in total. The summed E-state index contributed by atoms with van der Waals surface area (Å²) in [5.74, 6) is 2.06. The summed E-state index contributed by atoms with van der Waals surface area (Å²) in [5.41, 5.74) is 0. The van der Waals surface area contributed by atoms with E-state index in [1.165, 1.54) is 0 Å². The molecule has 0 fully saturated rings. The topological polar surface area (TPSA) is 18.5 Å². The van der Waals surface area contributed by atoms with Crippen LogP contribution in [0.5, 0.6) is 0 Å². The molecule has 3 heteroatoms. The average Bonchev–Trinajstić information content (AvgIpc) is 2.38. The number of hydrogen-bond donors (Lipinski definition) is 0. The molecule has 0 saturated heterocycles. The molecule has 0 aromatic carbocycles. The van der Waals surface area contributed by atoms with E-state index in [1.807, 2.05) is 14.2 Å². The molecule has 0 aliphatic rings. The number of rotatable bonds is 8. The molecule has 21 heavy (non-hydrogen) atoms. The van der Waals surface area contributed by atoms with Crippen molar-refractivity contribution in [2.24, 2.45) is 23.7 Å². The second kappa shape index (κ2) is 7.14. The van der Waals surface area contributed by atoms with Crippen molar-refractivity contribution in [1.29, 1.82) is 0 Å². The molecule has 0 aliphatic heterocycles. The lowest BCUT2D eigenvalue weighted by Crippen LogP contribution is -2.65. The third kappa shape index (κ3) is 2.86. The Kier molecular flexibility index (Phi) is 7.19. The highest BCUT2D eigenvalue weighted by molar-refractivity contribution is 6.74. The molecule has 0 spiro atoms.